The van der Waals surface area contributed by atoms with Gasteiger partial charge in [0.2, 0.25) is 0 Å². The zero-order chi connectivity index (χ0) is 11.6. The maximum atomic E-state index is 8.76. The van der Waals surface area contributed by atoms with Crippen molar-refractivity contribution in [2.75, 3.05) is 0 Å². The standard InChI is InChI=1S/C15H19N/c1-2-3-4-5-6-7-9-14-10-8-11-15(12-14)13-16/h7-12H,2-6H2,1H3/b9-7+. The number of hydrogen-bond donors (Lipinski definition) is 0. The second-order valence-electron chi connectivity index (χ2n) is 3.99. The second kappa shape index (κ2) is 7.70. The average Bonchev–Trinajstić information content (AvgIpc) is 2.34. The molecule has 0 atom stereocenters. The lowest BCUT2D eigenvalue weighted by molar-refractivity contribution is 0.675. The highest BCUT2D eigenvalue weighted by Crippen LogP contribution is 2.08. The van der Waals surface area contributed by atoms with Gasteiger partial charge in [-0.2, -0.15) is 5.26 Å². The molecular formula is C15H19N. The Kier molecular flexibility index (Phi) is 6.03. The molecule has 0 aromatic heterocycles. The van der Waals surface area contributed by atoms with Crippen LogP contribution in [0, 0.1) is 11.3 Å². The van der Waals surface area contributed by atoms with Crippen molar-refractivity contribution in [3.63, 3.8) is 0 Å². The molecule has 0 radical (unpaired) electrons. The van der Waals surface area contributed by atoms with Crippen LogP contribution in [-0.4, -0.2) is 0 Å². The van der Waals surface area contributed by atoms with Gasteiger partial charge in [0.25, 0.3) is 0 Å². The molecule has 0 aliphatic heterocycles. The molecule has 1 aromatic carbocycles. The van der Waals surface area contributed by atoms with Crippen molar-refractivity contribution in [1.82, 2.24) is 0 Å². The van der Waals surface area contributed by atoms with Crippen LogP contribution in [0.1, 0.15) is 50.2 Å². The van der Waals surface area contributed by atoms with E-state index in [0.717, 1.165) is 17.5 Å². The van der Waals surface area contributed by atoms with Gasteiger partial charge < -0.3 is 0 Å². The van der Waals surface area contributed by atoms with E-state index < -0.39 is 0 Å². The van der Waals surface area contributed by atoms with Gasteiger partial charge in [-0.3, -0.25) is 0 Å². The maximum Gasteiger partial charge on any atom is 0.0991 e. The lowest BCUT2D eigenvalue weighted by Gasteiger charge is -1.95. The van der Waals surface area contributed by atoms with Crippen LogP contribution in [0.2, 0.25) is 0 Å². The molecule has 0 heterocycles. The summed E-state index contributed by atoms with van der Waals surface area (Å²) >= 11 is 0. The van der Waals surface area contributed by atoms with E-state index >= 15 is 0 Å². The molecule has 0 aliphatic rings. The van der Waals surface area contributed by atoms with Crippen molar-refractivity contribution in [3.05, 3.63) is 41.5 Å². The van der Waals surface area contributed by atoms with E-state index in [2.05, 4.69) is 25.1 Å². The van der Waals surface area contributed by atoms with E-state index in [1.807, 2.05) is 24.3 Å². The smallest absolute Gasteiger partial charge is 0.0991 e. The lowest BCUT2D eigenvalue weighted by atomic mass is 10.1. The molecule has 0 saturated heterocycles. The predicted molar refractivity (Wildman–Crippen MR) is 69.0 cm³/mol. The van der Waals surface area contributed by atoms with Crippen LogP contribution in [0.4, 0.5) is 0 Å². The van der Waals surface area contributed by atoms with Crippen LogP contribution in [0.5, 0.6) is 0 Å². The van der Waals surface area contributed by atoms with Crippen LogP contribution in [0.15, 0.2) is 30.3 Å². The summed E-state index contributed by atoms with van der Waals surface area (Å²) < 4.78 is 0. The van der Waals surface area contributed by atoms with Gasteiger partial charge in [-0.05, 0) is 30.5 Å². The summed E-state index contributed by atoms with van der Waals surface area (Å²) in [6.45, 7) is 2.23. The molecule has 0 saturated carbocycles. The highest BCUT2D eigenvalue weighted by atomic mass is 14.2. The maximum absolute atomic E-state index is 8.76. The Bertz CT molecular complexity index is 371. The summed E-state index contributed by atoms with van der Waals surface area (Å²) in [6, 6.07) is 9.86. The monoisotopic (exact) mass is 213 g/mol. The number of rotatable bonds is 6. The van der Waals surface area contributed by atoms with Crippen LogP contribution >= 0.6 is 0 Å². The normalized spacial score (nSPS) is 10.5. The summed E-state index contributed by atoms with van der Waals surface area (Å²) in [7, 11) is 0. The summed E-state index contributed by atoms with van der Waals surface area (Å²) in [5.41, 5.74) is 1.85. The minimum absolute atomic E-state index is 0.730. The Morgan fingerprint density at radius 2 is 2.12 bits per heavy atom. The first-order chi connectivity index (χ1) is 7.86. The van der Waals surface area contributed by atoms with E-state index in [4.69, 9.17) is 5.26 Å². The highest BCUT2D eigenvalue weighted by molar-refractivity contribution is 5.52. The first kappa shape index (κ1) is 12.5. The van der Waals surface area contributed by atoms with E-state index in [-0.39, 0.29) is 0 Å². The number of benzene rings is 1. The summed E-state index contributed by atoms with van der Waals surface area (Å²) in [5.74, 6) is 0. The first-order valence-electron chi connectivity index (χ1n) is 6.03. The third kappa shape index (κ3) is 4.79. The SMILES string of the molecule is CCCCCC/C=C/c1cccc(C#N)c1. The van der Waals surface area contributed by atoms with Crippen molar-refractivity contribution in [3.8, 4) is 6.07 Å². The minimum Gasteiger partial charge on any atom is -0.192 e. The Morgan fingerprint density at radius 1 is 1.25 bits per heavy atom. The summed E-state index contributed by atoms with van der Waals surface area (Å²) in [5, 5.41) is 8.76. The molecule has 0 aliphatic carbocycles. The number of nitriles is 1. The molecular weight excluding hydrogens is 194 g/mol. The van der Waals surface area contributed by atoms with E-state index in [0.29, 0.717) is 0 Å². The summed E-state index contributed by atoms with van der Waals surface area (Å²) in [4.78, 5) is 0. The van der Waals surface area contributed by atoms with Gasteiger partial charge >= 0.3 is 0 Å². The van der Waals surface area contributed by atoms with Crippen LogP contribution in [-0.2, 0) is 0 Å². The van der Waals surface area contributed by atoms with Crippen molar-refractivity contribution in [1.29, 1.82) is 5.26 Å². The predicted octanol–water partition coefficient (Wildman–Crippen LogP) is 4.54. The van der Waals surface area contributed by atoms with Gasteiger partial charge in [-0.15, -0.1) is 0 Å². The molecule has 0 N–H and O–H groups in total. The fourth-order valence-corrected chi connectivity index (χ4v) is 1.62. The van der Waals surface area contributed by atoms with Crippen molar-refractivity contribution < 1.29 is 0 Å². The van der Waals surface area contributed by atoms with Crippen molar-refractivity contribution in [2.24, 2.45) is 0 Å². The number of nitrogens with zero attached hydrogens (tertiary/aromatic N) is 1. The topological polar surface area (TPSA) is 23.8 Å². The van der Waals surface area contributed by atoms with Gasteiger partial charge in [0.1, 0.15) is 0 Å². The molecule has 84 valence electrons. The number of allylic oxidation sites excluding steroid dienone is 1. The molecule has 0 spiro atoms. The third-order valence-electron chi connectivity index (χ3n) is 2.55. The molecule has 1 aromatic rings. The van der Waals surface area contributed by atoms with E-state index in [1.165, 1.54) is 25.7 Å². The number of unbranched alkanes of at least 4 members (excludes halogenated alkanes) is 4. The second-order valence-corrected chi connectivity index (χ2v) is 3.99. The molecule has 0 fully saturated rings. The van der Waals surface area contributed by atoms with Gasteiger partial charge in [0.05, 0.1) is 11.6 Å². The van der Waals surface area contributed by atoms with Gasteiger partial charge in [0, 0.05) is 0 Å². The molecule has 1 heteroatoms. The van der Waals surface area contributed by atoms with Gasteiger partial charge in [-0.1, -0.05) is 50.5 Å². The first-order valence-corrected chi connectivity index (χ1v) is 6.03. The zero-order valence-corrected chi connectivity index (χ0v) is 9.95. The molecule has 0 amide bonds. The Hall–Kier alpha value is -1.55. The highest BCUT2D eigenvalue weighted by Gasteiger charge is 1.90. The third-order valence-corrected chi connectivity index (χ3v) is 2.55. The van der Waals surface area contributed by atoms with Crippen molar-refractivity contribution in [2.45, 2.75) is 39.0 Å². The lowest BCUT2D eigenvalue weighted by Crippen LogP contribution is -1.77. The molecule has 0 unspecified atom stereocenters. The van der Waals surface area contributed by atoms with Gasteiger partial charge in [0.15, 0.2) is 0 Å². The van der Waals surface area contributed by atoms with Gasteiger partial charge in [-0.25, -0.2) is 0 Å². The van der Waals surface area contributed by atoms with E-state index in [1.54, 1.807) is 0 Å². The fourth-order valence-electron chi connectivity index (χ4n) is 1.62. The Morgan fingerprint density at radius 3 is 2.88 bits per heavy atom. The zero-order valence-electron chi connectivity index (χ0n) is 9.95. The number of hydrogen-bond acceptors (Lipinski definition) is 1. The van der Waals surface area contributed by atoms with Crippen LogP contribution in [0.3, 0.4) is 0 Å². The Labute approximate surface area is 98.4 Å². The van der Waals surface area contributed by atoms with Crippen molar-refractivity contribution >= 4 is 6.08 Å². The largest absolute Gasteiger partial charge is 0.192 e. The summed E-state index contributed by atoms with van der Waals surface area (Å²) in [6.07, 6.45) is 10.6. The Balaban J connectivity index is 2.35. The molecule has 1 nitrogen and oxygen atoms in total. The average molecular weight is 213 g/mol. The molecule has 1 rings (SSSR count). The molecule has 16 heavy (non-hydrogen) atoms. The van der Waals surface area contributed by atoms with Crippen LogP contribution in [0.25, 0.3) is 6.08 Å². The van der Waals surface area contributed by atoms with E-state index in [9.17, 15) is 0 Å². The quantitative estimate of drug-likeness (QED) is 0.636. The minimum atomic E-state index is 0.730. The van der Waals surface area contributed by atoms with Crippen LogP contribution < -0.4 is 0 Å². The fraction of sp³-hybridized carbons (Fsp3) is 0.400. The molecule has 0 bridgehead atoms.